The van der Waals surface area contributed by atoms with Gasteiger partial charge in [0, 0.05) is 17.0 Å². The van der Waals surface area contributed by atoms with E-state index < -0.39 is 0 Å². The molecule has 0 saturated carbocycles. The van der Waals surface area contributed by atoms with Gasteiger partial charge in [-0.1, -0.05) is 34.1 Å². The molecule has 0 aliphatic carbocycles. The standard InChI is InChI=1S/C19H18BrNO3/c1-12-3-8-18(22)17(9-12)21-16(10-15(24-2)11-19(21)23)13-4-6-14(20)7-5-13/h3-9,11,16,22H,10H2,1-2H3/t16-/m1/s1. The minimum absolute atomic E-state index is 0.0883. The number of methoxy groups -OCH3 is 1. The lowest BCUT2D eigenvalue weighted by Crippen LogP contribution is -2.37. The molecule has 3 rings (SSSR count). The first-order chi connectivity index (χ1) is 11.5. The fourth-order valence-electron chi connectivity index (χ4n) is 2.91. The lowest BCUT2D eigenvalue weighted by molar-refractivity contribution is -0.115. The van der Waals surface area contributed by atoms with E-state index in [4.69, 9.17) is 4.74 Å². The highest BCUT2D eigenvalue weighted by atomic mass is 79.9. The summed E-state index contributed by atoms with van der Waals surface area (Å²) in [5, 5.41) is 10.3. The quantitative estimate of drug-likeness (QED) is 0.844. The van der Waals surface area contributed by atoms with Crippen molar-refractivity contribution < 1.29 is 14.6 Å². The Labute approximate surface area is 149 Å². The first kappa shape index (κ1) is 16.6. The van der Waals surface area contributed by atoms with Crippen LogP contribution in [-0.2, 0) is 9.53 Å². The van der Waals surface area contributed by atoms with E-state index in [-0.39, 0.29) is 17.7 Å². The molecule has 5 heteroatoms. The number of phenolic OH excluding ortho intramolecular Hbond substituents is 1. The summed E-state index contributed by atoms with van der Waals surface area (Å²) in [5.41, 5.74) is 2.47. The maximum Gasteiger partial charge on any atom is 0.255 e. The largest absolute Gasteiger partial charge is 0.506 e. The average Bonchev–Trinajstić information content (AvgIpc) is 2.57. The summed E-state index contributed by atoms with van der Waals surface area (Å²) in [6, 6.07) is 12.9. The van der Waals surface area contributed by atoms with Crippen molar-refractivity contribution in [3.63, 3.8) is 0 Å². The van der Waals surface area contributed by atoms with Gasteiger partial charge < -0.3 is 9.84 Å². The van der Waals surface area contributed by atoms with Crippen LogP contribution in [0, 0.1) is 6.92 Å². The molecule has 0 bridgehead atoms. The second-order valence-corrected chi connectivity index (χ2v) is 6.70. The summed E-state index contributed by atoms with van der Waals surface area (Å²) in [6.45, 7) is 1.93. The van der Waals surface area contributed by atoms with Crippen LogP contribution in [0.15, 0.2) is 58.8 Å². The van der Waals surface area contributed by atoms with E-state index in [2.05, 4.69) is 15.9 Å². The zero-order valence-electron chi connectivity index (χ0n) is 13.5. The predicted molar refractivity (Wildman–Crippen MR) is 96.9 cm³/mol. The van der Waals surface area contributed by atoms with E-state index in [1.807, 2.05) is 43.3 Å². The molecule has 1 atom stereocenters. The van der Waals surface area contributed by atoms with Gasteiger partial charge in [0.1, 0.15) is 11.5 Å². The number of aromatic hydroxyl groups is 1. The monoisotopic (exact) mass is 387 g/mol. The number of carbonyl (C=O) groups excluding carboxylic acids is 1. The van der Waals surface area contributed by atoms with Crippen LogP contribution >= 0.6 is 15.9 Å². The Morgan fingerprint density at radius 3 is 2.58 bits per heavy atom. The number of amides is 1. The second-order valence-electron chi connectivity index (χ2n) is 5.79. The zero-order valence-corrected chi connectivity index (χ0v) is 15.1. The maximum absolute atomic E-state index is 12.7. The van der Waals surface area contributed by atoms with Crippen molar-refractivity contribution in [1.29, 1.82) is 0 Å². The predicted octanol–water partition coefficient (Wildman–Crippen LogP) is 4.47. The molecule has 0 unspecified atom stereocenters. The smallest absolute Gasteiger partial charge is 0.255 e. The van der Waals surface area contributed by atoms with Gasteiger partial charge in [-0.2, -0.15) is 0 Å². The Hall–Kier alpha value is -2.27. The molecular formula is C19H18BrNO3. The van der Waals surface area contributed by atoms with Crippen LogP contribution in [-0.4, -0.2) is 18.1 Å². The van der Waals surface area contributed by atoms with Gasteiger partial charge in [0.25, 0.3) is 5.91 Å². The van der Waals surface area contributed by atoms with Crippen molar-refractivity contribution in [2.24, 2.45) is 0 Å². The van der Waals surface area contributed by atoms with Crippen LogP contribution in [0.2, 0.25) is 0 Å². The maximum atomic E-state index is 12.7. The number of halogens is 1. The fourth-order valence-corrected chi connectivity index (χ4v) is 3.17. The SMILES string of the molecule is COC1=CC(=O)N(c2cc(C)ccc2O)[C@@H](c2ccc(Br)cc2)C1. The van der Waals surface area contributed by atoms with Crippen molar-refractivity contribution in [2.75, 3.05) is 12.0 Å². The highest BCUT2D eigenvalue weighted by Gasteiger charge is 2.33. The van der Waals surface area contributed by atoms with Crippen LogP contribution in [0.1, 0.15) is 23.6 Å². The third kappa shape index (κ3) is 3.17. The summed E-state index contributed by atoms with van der Waals surface area (Å²) >= 11 is 3.43. The molecule has 0 spiro atoms. The van der Waals surface area contributed by atoms with Crippen LogP contribution in [0.3, 0.4) is 0 Å². The number of hydrogen-bond donors (Lipinski definition) is 1. The summed E-state index contributed by atoms with van der Waals surface area (Å²) < 4.78 is 6.29. The van der Waals surface area contributed by atoms with Gasteiger partial charge >= 0.3 is 0 Å². The van der Waals surface area contributed by atoms with E-state index >= 15 is 0 Å². The first-order valence-electron chi connectivity index (χ1n) is 7.62. The van der Waals surface area contributed by atoms with Gasteiger partial charge in [0.2, 0.25) is 0 Å². The molecule has 0 fully saturated rings. The van der Waals surface area contributed by atoms with Crippen molar-refractivity contribution in [1.82, 2.24) is 0 Å². The van der Waals surface area contributed by atoms with Gasteiger partial charge in [-0.25, -0.2) is 0 Å². The van der Waals surface area contributed by atoms with E-state index in [0.717, 1.165) is 15.6 Å². The number of rotatable bonds is 3. The van der Waals surface area contributed by atoms with Gasteiger partial charge in [-0.15, -0.1) is 0 Å². The number of nitrogens with zero attached hydrogens (tertiary/aromatic N) is 1. The van der Waals surface area contributed by atoms with Crippen molar-refractivity contribution in [3.8, 4) is 5.75 Å². The second kappa shape index (κ2) is 6.69. The van der Waals surface area contributed by atoms with Crippen LogP contribution in [0.4, 0.5) is 5.69 Å². The Balaban J connectivity index is 2.11. The Morgan fingerprint density at radius 2 is 1.92 bits per heavy atom. The molecule has 24 heavy (non-hydrogen) atoms. The van der Waals surface area contributed by atoms with Crippen molar-refractivity contribution in [2.45, 2.75) is 19.4 Å². The molecular weight excluding hydrogens is 370 g/mol. The first-order valence-corrected chi connectivity index (χ1v) is 8.41. The minimum atomic E-state index is -0.238. The number of phenols is 1. The van der Waals surface area contributed by atoms with Crippen LogP contribution in [0.25, 0.3) is 0 Å². The molecule has 1 aliphatic rings. The van der Waals surface area contributed by atoms with E-state index in [0.29, 0.717) is 17.9 Å². The highest BCUT2D eigenvalue weighted by Crippen LogP contribution is 2.40. The molecule has 1 N–H and O–H groups in total. The number of ether oxygens (including phenoxy) is 1. The molecule has 2 aromatic rings. The number of anilines is 1. The van der Waals surface area contributed by atoms with Gasteiger partial charge in [-0.05, 0) is 42.3 Å². The average molecular weight is 388 g/mol. The molecule has 2 aromatic carbocycles. The molecule has 0 radical (unpaired) electrons. The zero-order chi connectivity index (χ0) is 17.3. The van der Waals surface area contributed by atoms with Crippen LogP contribution in [0.5, 0.6) is 5.75 Å². The lowest BCUT2D eigenvalue weighted by atomic mass is 9.96. The Kier molecular flexibility index (Phi) is 4.62. The molecule has 0 saturated heterocycles. The summed E-state index contributed by atoms with van der Waals surface area (Å²) in [5.74, 6) is 0.522. The third-order valence-electron chi connectivity index (χ3n) is 4.14. The molecule has 124 valence electrons. The van der Waals surface area contributed by atoms with Crippen molar-refractivity contribution in [3.05, 3.63) is 69.9 Å². The van der Waals surface area contributed by atoms with Gasteiger partial charge in [-0.3, -0.25) is 9.69 Å². The Morgan fingerprint density at radius 1 is 1.21 bits per heavy atom. The Bertz CT molecular complexity index is 799. The minimum Gasteiger partial charge on any atom is -0.506 e. The van der Waals surface area contributed by atoms with Crippen molar-refractivity contribution >= 4 is 27.5 Å². The number of carbonyl (C=O) groups is 1. The van der Waals surface area contributed by atoms with E-state index in [9.17, 15) is 9.90 Å². The van der Waals surface area contributed by atoms with Gasteiger partial charge in [0.05, 0.1) is 18.8 Å². The number of hydrogen-bond acceptors (Lipinski definition) is 3. The molecule has 4 nitrogen and oxygen atoms in total. The highest BCUT2D eigenvalue weighted by molar-refractivity contribution is 9.10. The normalized spacial score (nSPS) is 17.6. The molecule has 1 amide bonds. The third-order valence-corrected chi connectivity index (χ3v) is 4.66. The molecule has 1 aliphatic heterocycles. The number of benzene rings is 2. The fraction of sp³-hybridized carbons (Fsp3) is 0.211. The number of aryl methyl sites for hydroxylation is 1. The summed E-state index contributed by atoms with van der Waals surface area (Å²) in [4.78, 5) is 14.4. The molecule has 1 heterocycles. The van der Waals surface area contributed by atoms with Crippen LogP contribution < -0.4 is 4.90 Å². The lowest BCUT2D eigenvalue weighted by Gasteiger charge is -2.35. The van der Waals surface area contributed by atoms with E-state index in [1.54, 1.807) is 18.1 Å². The summed E-state index contributed by atoms with van der Waals surface area (Å²) in [7, 11) is 1.57. The summed E-state index contributed by atoms with van der Waals surface area (Å²) in [6.07, 6.45) is 2.04. The molecule has 0 aromatic heterocycles. The topological polar surface area (TPSA) is 49.8 Å². The van der Waals surface area contributed by atoms with Gasteiger partial charge in [0.15, 0.2) is 0 Å². The van der Waals surface area contributed by atoms with E-state index in [1.165, 1.54) is 6.08 Å².